The van der Waals surface area contributed by atoms with E-state index in [1.54, 1.807) is 19.1 Å². The number of hydrogen-bond donors (Lipinski definition) is 1. The normalized spacial score (nSPS) is 11.5. The molecule has 1 aromatic rings. The number of hydrogen-bond acceptors (Lipinski definition) is 2. The zero-order chi connectivity index (χ0) is 11.5. The molecule has 0 saturated heterocycles. The maximum atomic E-state index is 13.6. The molecule has 0 aliphatic rings. The van der Waals surface area contributed by atoms with Crippen molar-refractivity contribution in [2.24, 2.45) is 0 Å². The highest BCUT2D eigenvalue weighted by atomic mass is 19.3. The summed E-state index contributed by atoms with van der Waals surface area (Å²) in [6.45, 7) is 1.35. The van der Waals surface area contributed by atoms with Gasteiger partial charge in [-0.25, -0.2) is 0 Å². The second-order valence-electron chi connectivity index (χ2n) is 3.39. The summed E-state index contributed by atoms with van der Waals surface area (Å²) in [5.41, 5.74) is 0.644. The van der Waals surface area contributed by atoms with E-state index in [0.717, 1.165) is 0 Å². The van der Waals surface area contributed by atoms with Crippen molar-refractivity contribution in [1.29, 1.82) is 0 Å². The van der Waals surface area contributed by atoms with Gasteiger partial charge in [0.15, 0.2) is 0 Å². The number of ether oxygens (including phenoxy) is 1. The summed E-state index contributed by atoms with van der Waals surface area (Å²) >= 11 is 0. The predicted molar refractivity (Wildman–Crippen MR) is 55.6 cm³/mol. The number of alkyl halides is 2. The van der Waals surface area contributed by atoms with Crippen molar-refractivity contribution < 1.29 is 13.5 Å². The fourth-order valence-corrected chi connectivity index (χ4v) is 1.53. The molecule has 1 aromatic carbocycles. The molecule has 0 spiro atoms. The quantitative estimate of drug-likeness (QED) is 0.832. The van der Waals surface area contributed by atoms with E-state index in [2.05, 4.69) is 5.32 Å². The molecule has 4 heteroatoms. The molecule has 0 saturated carbocycles. The fraction of sp³-hybridized carbons (Fsp3) is 0.455. The third-order valence-electron chi connectivity index (χ3n) is 2.21. The Hall–Kier alpha value is -1.16. The summed E-state index contributed by atoms with van der Waals surface area (Å²) in [6, 6.07) is 4.75. The third kappa shape index (κ3) is 2.45. The Morgan fingerprint density at radius 1 is 1.40 bits per heavy atom. The second-order valence-corrected chi connectivity index (χ2v) is 3.39. The van der Waals surface area contributed by atoms with Crippen LogP contribution in [0.4, 0.5) is 8.78 Å². The zero-order valence-electron chi connectivity index (χ0n) is 9.10. The van der Waals surface area contributed by atoms with Crippen LogP contribution >= 0.6 is 0 Å². The van der Waals surface area contributed by atoms with Crippen molar-refractivity contribution in [1.82, 2.24) is 5.32 Å². The van der Waals surface area contributed by atoms with E-state index in [-0.39, 0.29) is 11.3 Å². The summed E-state index contributed by atoms with van der Waals surface area (Å²) in [6.07, 6.45) is 0. The second kappa shape index (κ2) is 4.57. The van der Waals surface area contributed by atoms with Crippen LogP contribution in [0.5, 0.6) is 5.75 Å². The average Bonchev–Trinajstić information content (AvgIpc) is 2.17. The maximum absolute atomic E-state index is 13.6. The molecule has 0 unspecified atom stereocenters. The van der Waals surface area contributed by atoms with E-state index in [9.17, 15) is 8.78 Å². The van der Waals surface area contributed by atoms with Gasteiger partial charge in [0.2, 0.25) is 0 Å². The van der Waals surface area contributed by atoms with Crippen LogP contribution in [0, 0.1) is 6.92 Å². The summed E-state index contributed by atoms with van der Waals surface area (Å²) in [5.74, 6) is -2.65. The van der Waals surface area contributed by atoms with E-state index in [4.69, 9.17) is 4.74 Å². The lowest BCUT2D eigenvalue weighted by atomic mass is 10.0. The molecule has 15 heavy (non-hydrogen) atoms. The number of benzene rings is 1. The number of halogens is 2. The van der Waals surface area contributed by atoms with E-state index in [1.165, 1.54) is 20.2 Å². The minimum atomic E-state index is -2.91. The van der Waals surface area contributed by atoms with Gasteiger partial charge in [0.05, 0.1) is 19.2 Å². The standard InChI is InChI=1S/C11H15F2NO/c1-8-5-4-6-9(10(8)15-3)11(12,13)7-14-2/h4-6,14H,7H2,1-3H3. The van der Waals surface area contributed by atoms with E-state index < -0.39 is 12.5 Å². The van der Waals surface area contributed by atoms with Crippen molar-refractivity contribution in [2.75, 3.05) is 20.7 Å². The monoisotopic (exact) mass is 215 g/mol. The van der Waals surface area contributed by atoms with Crippen LogP contribution in [0.25, 0.3) is 0 Å². The van der Waals surface area contributed by atoms with Crippen molar-refractivity contribution in [3.05, 3.63) is 29.3 Å². The van der Waals surface area contributed by atoms with Gasteiger partial charge in [-0.15, -0.1) is 0 Å². The van der Waals surface area contributed by atoms with Gasteiger partial charge < -0.3 is 10.1 Å². The van der Waals surface area contributed by atoms with Gasteiger partial charge in [0.25, 0.3) is 5.92 Å². The lowest BCUT2D eigenvalue weighted by Crippen LogP contribution is -2.28. The molecule has 0 aliphatic carbocycles. The van der Waals surface area contributed by atoms with E-state index in [0.29, 0.717) is 5.56 Å². The minimum absolute atomic E-state index is 0.0700. The number of aryl methyl sites for hydroxylation is 1. The minimum Gasteiger partial charge on any atom is -0.496 e. The van der Waals surface area contributed by atoms with Crippen molar-refractivity contribution in [3.63, 3.8) is 0 Å². The number of nitrogens with one attached hydrogen (secondary N) is 1. The Morgan fingerprint density at radius 3 is 2.60 bits per heavy atom. The van der Waals surface area contributed by atoms with Crippen molar-refractivity contribution in [2.45, 2.75) is 12.8 Å². The van der Waals surface area contributed by atoms with Gasteiger partial charge >= 0.3 is 0 Å². The van der Waals surface area contributed by atoms with Gasteiger partial charge in [-0.3, -0.25) is 0 Å². The molecule has 0 atom stereocenters. The molecule has 1 rings (SSSR count). The molecule has 0 heterocycles. The SMILES string of the molecule is CNCC(F)(F)c1cccc(C)c1OC. The molecule has 1 N–H and O–H groups in total. The molecule has 0 fully saturated rings. The lowest BCUT2D eigenvalue weighted by molar-refractivity contribution is -0.00349. The highest BCUT2D eigenvalue weighted by Gasteiger charge is 2.34. The Kier molecular flexibility index (Phi) is 3.63. The highest BCUT2D eigenvalue weighted by molar-refractivity contribution is 5.43. The van der Waals surface area contributed by atoms with Crippen LogP contribution in [0.3, 0.4) is 0 Å². The number of methoxy groups -OCH3 is 1. The molecule has 84 valence electrons. The number of rotatable bonds is 4. The summed E-state index contributed by atoms with van der Waals surface area (Å²) in [7, 11) is 2.90. The first kappa shape index (κ1) is 11.9. The highest BCUT2D eigenvalue weighted by Crippen LogP contribution is 2.36. The van der Waals surface area contributed by atoms with Gasteiger partial charge in [-0.05, 0) is 25.6 Å². The Bertz CT molecular complexity index is 339. The molecular formula is C11H15F2NO. The van der Waals surface area contributed by atoms with Crippen molar-refractivity contribution >= 4 is 0 Å². The third-order valence-corrected chi connectivity index (χ3v) is 2.21. The molecular weight excluding hydrogens is 200 g/mol. The van der Waals surface area contributed by atoms with Crippen molar-refractivity contribution in [3.8, 4) is 5.75 Å². The van der Waals surface area contributed by atoms with Crippen LogP contribution in [0.1, 0.15) is 11.1 Å². The first-order valence-electron chi connectivity index (χ1n) is 4.69. The summed E-state index contributed by atoms with van der Waals surface area (Å²) in [5, 5.41) is 2.47. The topological polar surface area (TPSA) is 21.3 Å². The fourth-order valence-electron chi connectivity index (χ4n) is 1.53. The molecule has 2 nitrogen and oxygen atoms in total. The molecule has 0 amide bonds. The van der Waals surface area contributed by atoms with E-state index in [1.807, 2.05) is 0 Å². The maximum Gasteiger partial charge on any atom is 0.288 e. The lowest BCUT2D eigenvalue weighted by Gasteiger charge is -2.20. The largest absolute Gasteiger partial charge is 0.496 e. The van der Waals surface area contributed by atoms with Crippen LogP contribution in [-0.4, -0.2) is 20.7 Å². The number of likely N-dealkylation sites (N-methyl/N-ethyl adjacent to an activating group) is 1. The van der Waals surface area contributed by atoms with E-state index >= 15 is 0 Å². The van der Waals surface area contributed by atoms with Gasteiger partial charge in [-0.1, -0.05) is 12.1 Å². The molecule has 0 aromatic heterocycles. The Morgan fingerprint density at radius 2 is 2.07 bits per heavy atom. The van der Waals surface area contributed by atoms with Gasteiger partial charge in [0, 0.05) is 0 Å². The predicted octanol–water partition coefficient (Wildman–Crippen LogP) is 2.31. The van der Waals surface area contributed by atoms with Crippen LogP contribution < -0.4 is 10.1 Å². The van der Waals surface area contributed by atoms with Crippen LogP contribution in [0.15, 0.2) is 18.2 Å². The molecule has 0 bridgehead atoms. The molecule has 0 aliphatic heterocycles. The molecule has 0 radical (unpaired) electrons. The van der Waals surface area contributed by atoms with Gasteiger partial charge in [-0.2, -0.15) is 8.78 Å². The smallest absolute Gasteiger partial charge is 0.288 e. The summed E-state index contributed by atoms with van der Waals surface area (Å²) in [4.78, 5) is 0. The van der Waals surface area contributed by atoms with Crippen LogP contribution in [0.2, 0.25) is 0 Å². The first-order valence-corrected chi connectivity index (χ1v) is 4.69. The Labute approximate surface area is 88.3 Å². The summed E-state index contributed by atoms with van der Waals surface area (Å²) < 4.78 is 32.3. The average molecular weight is 215 g/mol. The van der Waals surface area contributed by atoms with Crippen LogP contribution in [-0.2, 0) is 5.92 Å². The zero-order valence-corrected chi connectivity index (χ0v) is 9.10. The Balaban J connectivity index is 3.18. The van der Waals surface area contributed by atoms with Gasteiger partial charge in [0.1, 0.15) is 5.75 Å². The first-order chi connectivity index (χ1) is 7.03. The number of para-hydroxylation sites is 1.